The highest BCUT2D eigenvalue weighted by Crippen LogP contribution is 2.63. The van der Waals surface area contributed by atoms with Crippen molar-refractivity contribution in [1.82, 2.24) is 31.5 Å². The summed E-state index contributed by atoms with van der Waals surface area (Å²) in [5.41, 5.74) is 0. The number of rotatable bonds is 22. The second kappa shape index (κ2) is 20.4. The van der Waals surface area contributed by atoms with Gasteiger partial charge in [-0.15, -0.1) is 0 Å². The van der Waals surface area contributed by atoms with Crippen LogP contribution in [0.2, 0.25) is 0 Å². The standard InChI is InChI=1S/C30H51N6O15P3S/c37-21-13-26(51-22(21)15-50-54(48,49)18-52(43,44)17-53(45,46)47)36-14-19(28(40)35-30(36)42)7-6-12-32-24(38)9-2-1-5-11-31-25(39)10-4-3-8-23-27-20(16-55-23)33-29(41)34-27/h6-7,19-23,26-27,37H,1-5,8-18H2,(H,31,39)(H,32,38)(H,43,44)(H,48,49)(H2,33,34,41)(H,35,40,42)(H2,45,46,47). The average Bonchev–Trinajstić information content (AvgIpc) is 3.74. The Morgan fingerprint density at radius 2 is 1.67 bits per heavy atom. The van der Waals surface area contributed by atoms with Crippen LogP contribution in [-0.4, -0.2) is 139 Å². The predicted molar refractivity (Wildman–Crippen MR) is 198 cm³/mol. The highest BCUT2D eigenvalue weighted by Gasteiger charge is 2.45. The number of hydrogen-bond acceptors (Lipinski definition) is 12. The Balaban J connectivity index is 1.06. The molecule has 0 spiro atoms. The van der Waals surface area contributed by atoms with E-state index in [1.54, 1.807) is 6.08 Å². The van der Waals surface area contributed by atoms with Crippen molar-refractivity contribution >= 4 is 64.1 Å². The Hall–Kier alpha value is -2.35. The summed E-state index contributed by atoms with van der Waals surface area (Å²) in [4.78, 5) is 99.6. The molecule has 7 amide bonds. The molecule has 0 bridgehead atoms. The van der Waals surface area contributed by atoms with Crippen molar-refractivity contribution in [2.75, 3.05) is 43.8 Å². The normalized spacial score (nSPS) is 28.9. The van der Waals surface area contributed by atoms with Crippen LogP contribution in [0.3, 0.4) is 0 Å². The van der Waals surface area contributed by atoms with E-state index < -0.39 is 77.3 Å². The van der Waals surface area contributed by atoms with Gasteiger partial charge in [0.25, 0.3) is 0 Å². The molecule has 9 atom stereocenters. The number of carbonyl (C=O) groups is 5. The molecule has 0 radical (unpaired) electrons. The molecule has 55 heavy (non-hydrogen) atoms. The van der Waals surface area contributed by atoms with E-state index in [1.165, 1.54) is 6.08 Å². The number of thioether (sulfide) groups is 1. The fraction of sp³-hybridized carbons (Fsp3) is 0.767. The first kappa shape index (κ1) is 45.4. The van der Waals surface area contributed by atoms with E-state index >= 15 is 0 Å². The highest BCUT2D eigenvalue weighted by molar-refractivity contribution is 8.00. The number of ether oxygens (including phenoxy) is 1. The van der Waals surface area contributed by atoms with E-state index in [0.29, 0.717) is 24.6 Å². The molecule has 4 aliphatic rings. The van der Waals surface area contributed by atoms with E-state index in [4.69, 9.17) is 19.0 Å². The molecule has 9 unspecified atom stereocenters. The van der Waals surface area contributed by atoms with Crippen LogP contribution in [0.4, 0.5) is 9.59 Å². The number of urea groups is 2. The molecule has 312 valence electrons. The summed E-state index contributed by atoms with van der Waals surface area (Å²) in [6, 6.07) is -0.551. The zero-order valence-electron chi connectivity index (χ0n) is 30.0. The van der Waals surface area contributed by atoms with E-state index in [-0.39, 0.29) is 55.9 Å². The number of unbranched alkanes of at least 4 members (excludes halogenated alkanes) is 3. The maximum atomic E-state index is 12.6. The lowest BCUT2D eigenvalue weighted by molar-refractivity contribution is -0.127. The lowest BCUT2D eigenvalue weighted by atomic mass is 10.0. The van der Waals surface area contributed by atoms with E-state index in [2.05, 4.69) is 26.6 Å². The largest absolute Gasteiger partial charge is 0.390 e. The molecule has 4 rings (SSSR count). The van der Waals surface area contributed by atoms with Crippen LogP contribution in [0.5, 0.6) is 0 Å². The van der Waals surface area contributed by atoms with Crippen LogP contribution in [-0.2, 0) is 37.3 Å². The zero-order chi connectivity index (χ0) is 40.4. The topological polar surface area (TPSA) is 320 Å². The summed E-state index contributed by atoms with van der Waals surface area (Å²) in [6.07, 6.45) is 4.72. The SMILES string of the molecule is O=C(CCCCCNC(=O)CCCCC1SCC2NC(=O)NC21)NCC=CC1CN(C2CC(O)C(COP(=O)(O)CP(=O)(O)CP(=O)(O)O)O2)C(=O)NC1=O. The van der Waals surface area contributed by atoms with Crippen molar-refractivity contribution in [3.63, 3.8) is 0 Å². The number of imide groups is 1. The van der Waals surface area contributed by atoms with Crippen LogP contribution < -0.4 is 26.6 Å². The van der Waals surface area contributed by atoms with Gasteiger partial charge < -0.3 is 55.2 Å². The van der Waals surface area contributed by atoms with Crippen LogP contribution in [0.1, 0.15) is 57.8 Å². The minimum Gasteiger partial charge on any atom is -0.390 e. The first-order chi connectivity index (χ1) is 25.8. The molecule has 10 N–H and O–H groups in total. The first-order valence-corrected chi connectivity index (χ1v) is 24.6. The van der Waals surface area contributed by atoms with Crippen molar-refractivity contribution < 1.29 is 71.6 Å². The molecule has 4 fully saturated rings. The van der Waals surface area contributed by atoms with Gasteiger partial charge in [-0.3, -0.25) is 38.3 Å². The van der Waals surface area contributed by atoms with Gasteiger partial charge in [-0.25, -0.2) is 9.59 Å². The lowest BCUT2D eigenvalue weighted by Gasteiger charge is -2.34. The summed E-state index contributed by atoms with van der Waals surface area (Å²) in [5.74, 6) is -3.68. The van der Waals surface area contributed by atoms with E-state index in [9.17, 15) is 52.6 Å². The van der Waals surface area contributed by atoms with Gasteiger partial charge in [0.05, 0.1) is 30.7 Å². The molecule has 0 saturated carbocycles. The number of amides is 7. The van der Waals surface area contributed by atoms with Crippen molar-refractivity contribution in [1.29, 1.82) is 0 Å². The molecule has 4 aliphatic heterocycles. The highest BCUT2D eigenvalue weighted by atomic mass is 32.2. The predicted octanol–water partition coefficient (Wildman–Crippen LogP) is 0.270. The smallest absolute Gasteiger partial charge is 0.337 e. The number of nitrogens with one attached hydrogen (secondary N) is 5. The number of hydrogen-bond donors (Lipinski definition) is 10. The Labute approximate surface area is 322 Å². The quantitative estimate of drug-likeness (QED) is 0.0302. The third-order valence-corrected chi connectivity index (χ3v) is 17.8. The second-order valence-electron chi connectivity index (χ2n) is 14.0. The number of carbonyl (C=O) groups excluding carboxylic acids is 5. The van der Waals surface area contributed by atoms with Crippen molar-refractivity contribution in [2.24, 2.45) is 5.92 Å². The van der Waals surface area contributed by atoms with Gasteiger partial charge in [-0.05, 0) is 25.7 Å². The zero-order valence-corrected chi connectivity index (χ0v) is 33.5. The van der Waals surface area contributed by atoms with Crippen LogP contribution in [0.15, 0.2) is 12.2 Å². The fourth-order valence-corrected chi connectivity index (χ4v) is 14.6. The van der Waals surface area contributed by atoms with Gasteiger partial charge in [0, 0.05) is 49.9 Å². The van der Waals surface area contributed by atoms with E-state index in [1.807, 2.05) is 11.8 Å². The molecule has 0 aromatic heterocycles. The molecule has 4 heterocycles. The van der Waals surface area contributed by atoms with Gasteiger partial charge in [0.1, 0.15) is 24.1 Å². The number of aliphatic hydroxyl groups is 1. The molecule has 0 aromatic carbocycles. The average molecular weight is 861 g/mol. The Morgan fingerprint density at radius 1 is 0.964 bits per heavy atom. The van der Waals surface area contributed by atoms with Crippen molar-refractivity contribution in [3.8, 4) is 0 Å². The minimum absolute atomic E-state index is 0.00473. The molecule has 4 saturated heterocycles. The third-order valence-electron chi connectivity index (χ3n) is 9.29. The van der Waals surface area contributed by atoms with E-state index in [0.717, 1.165) is 42.8 Å². The van der Waals surface area contributed by atoms with Crippen LogP contribution in [0, 0.1) is 5.92 Å². The number of aliphatic hydroxyl groups excluding tert-OH is 1. The first-order valence-electron chi connectivity index (χ1n) is 18.0. The minimum atomic E-state index is -4.97. The molecule has 21 nitrogen and oxygen atoms in total. The van der Waals surface area contributed by atoms with Crippen molar-refractivity contribution in [2.45, 2.75) is 93.6 Å². The van der Waals surface area contributed by atoms with Gasteiger partial charge >= 0.3 is 27.3 Å². The molecular formula is C30H51N6O15P3S. The lowest BCUT2D eigenvalue weighted by Crippen LogP contribution is -2.57. The maximum Gasteiger partial charge on any atom is 0.337 e. The summed E-state index contributed by atoms with van der Waals surface area (Å²) in [6.45, 7) is -0.258. The fourth-order valence-electron chi connectivity index (χ4n) is 6.62. The van der Waals surface area contributed by atoms with Crippen LogP contribution >= 0.6 is 34.3 Å². The van der Waals surface area contributed by atoms with Gasteiger partial charge in [-0.2, -0.15) is 11.8 Å². The molecule has 25 heteroatoms. The number of nitrogens with zero attached hydrogens (tertiary/aromatic N) is 1. The number of fused-ring (bicyclic) bond motifs is 1. The second-order valence-corrected chi connectivity index (χ2v) is 22.1. The molecular weight excluding hydrogens is 809 g/mol. The maximum absolute atomic E-state index is 12.6. The Bertz CT molecular complexity index is 1590. The summed E-state index contributed by atoms with van der Waals surface area (Å²) in [5, 5.41) is 24.5. The summed E-state index contributed by atoms with van der Waals surface area (Å²) < 4.78 is 45.8. The van der Waals surface area contributed by atoms with Gasteiger partial charge in [0.15, 0.2) is 0 Å². The van der Waals surface area contributed by atoms with Crippen LogP contribution in [0.25, 0.3) is 0 Å². The monoisotopic (exact) mass is 860 g/mol. The Kier molecular flexibility index (Phi) is 16.8. The molecule has 0 aliphatic carbocycles. The third kappa shape index (κ3) is 15.2. The Morgan fingerprint density at radius 3 is 2.40 bits per heavy atom. The van der Waals surface area contributed by atoms with Crippen molar-refractivity contribution in [3.05, 3.63) is 12.2 Å². The summed E-state index contributed by atoms with van der Waals surface area (Å²) >= 11 is 1.86. The summed E-state index contributed by atoms with van der Waals surface area (Å²) in [7, 11) is -14.6. The van der Waals surface area contributed by atoms with Gasteiger partial charge in [0.2, 0.25) is 25.1 Å². The molecule has 0 aromatic rings. The van der Waals surface area contributed by atoms with Gasteiger partial charge in [-0.1, -0.05) is 25.0 Å².